The Labute approximate surface area is 121 Å². The number of carboxylic acid groups (broad SMARTS) is 1. The molecule has 0 radical (unpaired) electrons. The average Bonchev–Trinajstić information content (AvgIpc) is 2.83. The third-order valence-electron chi connectivity index (χ3n) is 3.63. The molecular weight excluding hydrogens is 254 g/mol. The van der Waals surface area contributed by atoms with Crippen molar-refractivity contribution in [3.05, 3.63) is 18.2 Å². The maximum absolute atomic E-state index is 11.3. The van der Waals surface area contributed by atoms with E-state index in [1.807, 2.05) is 19.3 Å². The summed E-state index contributed by atoms with van der Waals surface area (Å²) in [6.45, 7) is 9.52. The molecule has 0 saturated heterocycles. The number of aryl methyl sites for hydroxylation is 1. The highest BCUT2D eigenvalue weighted by Crippen LogP contribution is 2.16. The zero-order chi connectivity index (χ0) is 15.2. The lowest BCUT2D eigenvalue weighted by atomic mass is 9.95. The van der Waals surface area contributed by atoms with Crippen LogP contribution in [0.15, 0.2) is 12.4 Å². The predicted molar refractivity (Wildman–Crippen MR) is 79.9 cm³/mol. The Hall–Kier alpha value is -1.36. The molecule has 0 aliphatic heterocycles. The molecule has 5 heteroatoms. The third-order valence-corrected chi connectivity index (χ3v) is 3.63. The largest absolute Gasteiger partial charge is 0.480 e. The van der Waals surface area contributed by atoms with Crippen molar-refractivity contribution >= 4 is 5.97 Å². The Bertz CT molecular complexity index is 429. The Kier molecular flexibility index (Phi) is 6.20. The summed E-state index contributed by atoms with van der Waals surface area (Å²) in [5.41, 5.74) is -0.815. The molecule has 1 heterocycles. The monoisotopic (exact) mass is 281 g/mol. The SMILES string of the molecule is CCNC(C)(CCCCn1ccnc1C(C)C)C(=O)O. The Morgan fingerprint density at radius 1 is 1.50 bits per heavy atom. The lowest BCUT2D eigenvalue weighted by molar-refractivity contribution is -0.144. The number of hydrogen-bond acceptors (Lipinski definition) is 3. The summed E-state index contributed by atoms with van der Waals surface area (Å²) in [4.78, 5) is 15.7. The minimum Gasteiger partial charge on any atom is -0.480 e. The molecule has 1 aromatic heterocycles. The Morgan fingerprint density at radius 3 is 2.75 bits per heavy atom. The first-order valence-corrected chi connectivity index (χ1v) is 7.40. The molecule has 5 nitrogen and oxygen atoms in total. The van der Waals surface area contributed by atoms with E-state index in [0.29, 0.717) is 18.9 Å². The molecular formula is C15H27N3O2. The fourth-order valence-corrected chi connectivity index (χ4v) is 2.43. The molecule has 0 aromatic carbocycles. The summed E-state index contributed by atoms with van der Waals surface area (Å²) >= 11 is 0. The van der Waals surface area contributed by atoms with Crippen molar-refractivity contribution in [3.8, 4) is 0 Å². The number of imidazole rings is 1. The first-order chi connectivity index (χ1) is 9.40. The van der Waals surface area contributed by atoms with E-state index in [1.54, 1.807) is 6.92 Å². The van der Waals surface area contributed by atoms with Crippen LogP contribution in [0, 0.1) is 0 Å². The molecule has 0 spiro atoms. The van der Waals surface area contributed by atoms with Crippen molar-refractivity contribution in [2.45, 2.75) is 65.0 Å². The predicted octanol–water partition coefficient (Wildman–Crippen LogP) is 2.63. The molecule has 1 rings (SSSR count). The van der Waals surface area contributed by atoms with Gasteiger partial charge in [0.1, 0.15) is 11.4 Å². The minimum absolute atomic E-state index is 0.413. The van der Waals surface area contributed by atoms with E-state index in [4.69, 9.17) is 0 Å². The van der Waals surface area contributed by atoms with Crippen LogP contribution >= 0.6 is 0 Å². The van der Waals surface area contributed by atoms with Gasteiger partial charge in [0.2, 0.25) is 0 Å². The second kappa shape index (κ2) is 7.43. The number of nitrogens with zero attached hydrogens (tertiary/aromatic N) is 2. The number of carbonyl (C=O) groups is 1. The van der Waals surface area contributed by atoms with E-state index in [9.17, 15) is 9.90 Å². The van der Waals surface area contributed by atoms with E-state index < -0.39 is 11.5 Å². The van der Waals surface area contributed by atoms with Crippen molar-refractivity contribution in [1.29, 1.82) is 0 Å². The maximum atomic E-state index is 11.3. The number of unbranched alkanes of at least 4 members (excludes halogenated alkanes) is 1. The fraction of sp³-hybridized carbons (Fsp3) is 0.733. The second-order valence-electron chi connectivity index (χ2n) is 5.76. The van der Waals surface area contributed by atoms with Crippen molar-refractivity contribution in [2.24, 2.45) is 0 Å². The molecule has 1 unspecified atom stereocenters. The van der Waals surface area contributed by atoms with Crippen LogP contribution in [0.3, 0.4) is 0 Å². The van der Waals surface area contributed by atoms with Crippen molar-refractivity contribution in [1.82, 2.24) is 14.9 Å². The standard InChI is InChI=1S/C15H27N3O2/c1-5-17-15(4,14(19)20)8-6-7-10-18-11-9-16-13(18)12(2)3/h9,11-12,17H,5-8,10H2,1-4H3,(H,19,20). The number of nitrogens with one attached hydrogen (secondary N) is 1. The van der Waals surface area contributed by atoms with E-state index >= 15 is 0 Å². The lowest BCUT2D eigenvalue weighted by Gasteiger charge is -2.25. The summed E-state index contributed by atoms with van der Waals surface area (Å²) in [5, 5.41) is 12.3. The van der Waals surface area contributed by atoms with Gasteiger partial charge in [0.25, 0.3) is 0 Å². The summed E-state index contributed by atoms with van der Waals surface area (Å²) in [6, 6.07) is 0. The number of rotatable bonds is 9. The fourth-order valence-electron chi connectivity index (χ4n) is 2.43. The first-order valence-electron chi connectivity index (χ1n) is 7.40. The Balaban J connectivity index is 2.44. The molecule has 1 atom stereocenters. The highest BCUT2D eigenvalue weighted by molar-refractivity contribution is 5.78. The third kappa shape index (κ3) is 4.34. The first kappa shape index (κ1) is 16.7. The van der Waals surface area contributed by atoms with Gasteiger partial charge in [-0.3, -0.25) is 4.79 Å². The number of aliphatic carboxylic acids is 1. The molecule has 0 fully saturated rings. The topological polar surface area (TPSA) is 67.2 Å². The summed E-state index contributed by atoms with van der Waals surface area (Å²) in [6.07, 6.45) is 6.31. The molecule has 114 valence electrons. The molecule has 2 N–H and O–H groups in total. The van der Waals surface area contributed by atoms with Gasteiger partial charge in [0.05, 0.1) is 0 Å². The van der Waals surface area contributed by atoms with Crippen LogP contribution in [0.2, 0.25) is 0 Å². The average molecular weight is 281 g/mol. The van der Waals surface area contributed by atoms with Crippen LogP contribution in [-0.4, -0.2) is 32.7 Å². The van der Waals surface area contributed by atoms with Crippen LogP contribution in [0.4, 0.5) is 0 Å². The minimum atomic E-state index is -0.815. The van der Waals surface area contributed by atoms with Crippen molar-refractivity contribution in [2.75, 3.05) is 6.54 Å². The van der Waals surface area contributed by atoms with E-state index in [0.717, 1.165) is 25.2 Å². The van der Waals surface area contributed by atoms with Crippen molar-refractivity contribution < 1.29 is 9.90 Å². The molecule has 1 aromatic rings. The molecule has 20 heavy (non-hydrogen) atoms. The smallest absolute Gasteiger partial charge is 0.323 e. The van der Waals surface area contributed by atoms with Crippen LogP contribution in [0.25, 0.3) is 0 Å². The van der Waals surface area contributed by atoms with Gasteiger partial charge in [-0.05, 0) is 32.7 Å². The normalized spacial score (nSPS) is 14.4. The highest BCUT2D eigenvalue weighted by atomic mass is 16.4. The van der Waals surface area contributed by atoms with Gasteiger partial charge in [-0.2, -0.15) is 0 Å². The second-order valence-corrected chi connectivity index (χ2v) is 5.76. The van der Waals surface area contributed by atoms with E-state index in [2.05, 4.69) is 28.7 Å². The van der Waals surface area contributed by atoms with Crippen molar-refractivity contribution in [3.63, 3.8) is 0 Å². The van der Waals surface area contributed by atoms with Crippen LogP contribution in [-0.2, 0) is 11.3 Å². The zero-order valence-electron chi connectivity index (χ0n) is 13.0. The summed E-state index contributed by atoms with van der Waals surface area (Å²) in [7, 11) is 0. The van der Waals surface area contributed by atoms with Gasteiger partial charge < -0.3 is 15.0 Å². The van der Waals surface area contributed by atoms with E-state index in [-0.39, 0.29) is 0 Å². The summed E-state index contributed by atoms with van der Waals surface area (Å²) < 4.78 is 2.16. The molecule has 0 amide bonds. The molecule has 0 bridgehead atoms. The zero-order valence-corrected chi connectivity index (χ0v) is 13.0. The van der Waals surface area contributed by atoms with Crippen LogP contribution in [0.5, 0.6) is 0 Å². The van der Waals surface area contributed by atoms with E-state index in [1.165, 1.54) is 0 Å². The number of likely N-dealkylation sites (N-methyl/N-ethyl adjacent to an activating group) is 1. The Morgan fingerprint density at radius 2 is 2.20 bits per heavy atom. The number of aromatic nitrogens is 2. The number of hydrogen-bond donors (Lipinski definition) is 2. The molecule has 0 saturated carbocycles. The quantitative estimate of drug-likeness (QED) is 0.683. The summed E-state index contributed by atoms with van der Waals surface area (Å²) in [5.74, 6) is 0.735. The molecule has 0 aliphatic rings. The highest BCUT2D eigenvalue weighted by Gasteiger charge is 2.30. The van der Waals surface area contributed by atoms with Gasteiger partial charge in [-0.15, -0.1) is 0 Å². The maximum Gasteiger partial charge on any atom is 0.323 e. The van der Waals surface area contributed by atoms with Gasteiger partial charge in [-0.1, -0.05) is 20.8 Å². The van der Waals surface area contributed by atoms with Gasteiger partial charge >= 0.3 is 5.97 Å². The van der Waals surface area contributed by atoms with Gasteiger partial charge in [0.15, 0.2) is 0 Å². The van der Waals surface area contributed by atoms with Gasteiger partial charge in [0, 0.05) is 24.9 Å². The lowest BCUT2D eigenvalue weighted by Crippen LogP contribution is -2.49. The van der Waals surface area contributed by atoms with Gasteiger partial charge in [-0.25, -0.2) is 4.98 Å². The number of carboxylic acids is 1. The molecule has 0 aliphatic carbocycles. The van der Waals surface area contributed by atoms with Crippen LogP contribution in [0.1, 0.15) is 58.7 Å². The van der Waals surface area contributed by atoms with Crippen LogP contribution < -0.4 is 5.32 Å².